The van der Waals surface area contributed by atoms with Crippen molar-refractivity contribution < 1.29 is 8.78 Å². The van der Waals surface area contributed by atoms with Gasteiger partial charge in [-0.25, -0.2) is 13.8 Å². The number of halogens is 2. The Morgan fingerprint density at radius 1 is 1.29 bits per heavy atom. The van der Waals surface area contributed by atoms with Crippen molar-refractivity contribution in [3.8, 4) is 0 Å². The van der Waals surface area contributed by atoms with Crippen molar-refractivity contribution >= 4 is 0 Å². The molecule has 0 aliphatic heterocycles. The van der Waals surface area contributed by atoms with Crippen LogP contribution in [0.3, 0.4) is 0 Å². The van der Waals surface area contributed by atoms with E-state index in [0.717, 1.165) is 17.8 Å². The maximum Gasteiger partial charge on any atom is 0.127 e. The van der Waals surface area contributed by atoms with Gasteiger partial charge < -0.3 is 9.88 Å². The Morgan fingerprint density at radius 3 is 2.82 bits per heavy atom. The highest BCUT2D eigenvalue weighted by Crippen LogP contribution is 2.09. The van der Waals surface area contributed by atoms with Gasteiger partial charge in [-0.1, -0.05) is 0 Å². The summed E-state index contributed by atoms with van der Waals surface area (Å²) in [5, 5.41) is 3.05. The lowest BCUT2D eigenvalue weighted by Gasteiger charge is -2.06. The normalized spacial score (nSPS) is 10.8. The maximum atomic E-state index is 13.3. The molecule has 0 fully saturated rings. The molecular formula is C12H13F2N3. The van der Waals surface area contributed by atoms with E-state index >= 15 is 0 Å². The summed E-state index contributed by atoms with van der Waals surface area (Å²) in [6.07, 6.45) is 3.43. The van der Waals surface area contributed by atoms with E-state index in [4.69, 9.17) is 0 Å². The van der Waals surface area contributed by atoms with E-state index in [9.17, 15) is 8.78 Å². The van der Waals surface area contributed by atoms with Crippen LogP contribution in [0.15, 0.2) is 30.7 Å². The first-order valence-electron chi connectivity index (χ1n) is 5.26. The number of hydrogen-bond acceptors (Lipinski definition) is 2. The summed E-state index contributed by atoms with van der Waals surface area (Å²) >= 11 is 0. The van der Waals surface area contributed by atoms with Crippen LogP contribution in [-0.2, 0) is 20.1 Å². The summed E-state index contributed by atoms with van der Waals surface area (Å²) in [7, 11) is 1.88. The second kappa shape index (κ2) is 5.05. The maximum absolute atomic E-state index is 13.3. The van der Waals surface area contributed by atoms with Crippen molar-refractivity contribution in [1.29, 1.82) is 0 Å². The van der Waals surface area contributed by atoms with Crippen LogP contribution in [0.1, 0.15) is 11.3 Å². The fourth-order valence-electron chi connectivity index (χ4n) is 1.56. The second-order valence-electron chi connectivity index (χ2n) is 3.84. The fraction of sp³-hybridized carbons (Fsp3) is 0.250. The van der Waals surface area contributed by atoms with Gasteiger partial charge in [0, 0.05) is 31.9 Å². The van der Waals surface area contributed by atoms with E-state index in [1.807, 2.05) is 11.6 Å². The zero-order chi connectivity index (χ0) is 12.3. The van der Waals surface area contributed by atoms with Crippen LogP contribution in [0.4, 0.5) is 8.78 Å². The quantitative estimate of drug-likeness (QED) is 0.881. The number of aromatic nitrogens is 2. The van der Waals surface area contributed by atoms with E-state index in [-0.39, 0.29) is 6.54 Å². The van der Waals surface area contributed by atoms with Crippen LogP contribution in [0, 0.1) is 11.6 Å². The molecular weight excluding hydrogens is 224 g/mol. The largest absolute Gasteiger partial charge is 0.337 e. The van der Waals surface area contributed by atoms with Crippen LogP contribution in [-0.4, -0.2) is 9.55 Å². The molecule has 0 bridgehead atoms. The third-order valence-corrected chi connectivity index (χ3v) is 2.55. The monoisotopic (exact) mass is 237 g/mol. The molecule has 3 nitrogen and oxygen atoms in total. The van der Waals surface area contributed by atoms with Crippen LogP contribution < -0.4 is 5.32 Å². The average Bonchev–Trinajstić information content (AvgIpc) is 2.70. The molecule has 1 N–H and O–H groups in total. The number of rotatable bonds is 4. The molecule has 0 unspecified atom stereocenters. The highest BCUT2D eigenvalue weighted by atomic mass is 19.1. The van der Waals surface area contributed by atoms with Crippen molar-refractivity contribution in [2.24, 2.45) is 7.05 Å². The predicted molar refractivity (Wildman–Crippen MR) is 60.1 cm³/mol. The molecule has 2 rings (SSSR count). The summed E-state index contributed by atoms with van der Waals surface area (Å²) in [6, 6.07) is 3.45. The van der Waals surface area contributed by atoms with Crippen molar-refractivity contribution in [1.82, 2.24) is 14.9 Å². The molecule has 0 spiro atoms. The smallest absolute Gasteiger partial charge is 0.127 e. The average molecular weight is 237 g/mol. The van der Waals surface area contributed by atoms with E-state index in [0.29, 0.717) is 12.1 Å². The molecule has 1 heterocycles. The first kappa shape index (κ1) is 11.7. The molecule has 0 amide bonds. The highest BCUT2D eigenvalue weighted by Gasteiger charge is 2.04. The van der Waals surface area contributed by atoms with E-state index in [2.05, 4.69) is 10.3 Å². The summed E-state index contributed by atoms with van der Waals surface area (Å²) < 4.78 is 28.1. The summed E-state index contributed by atoms with van der Waals surface area (Å²) in [6.45, 7) is 0.848. The first-order chi connectivity index (χ1) is 8.16. The van der Waals surface area contributed by atoms with Crippen LogP contribution in [0.25, 0.3) is 0 Å². The Balaban J connectivity index is 1.94. The molecule has 2 aromatic rings. The molecule has 0 saturated heterocycles. The molecule has 5 heteroatoms. The number of hydrogen-bond donors (Lipinski definition) is 1. The van der Waals surface area contributed by atoms with Crippen LogP contribution in [0.2, 0.25) is 0 Å². The van der Waals surface area contributed by atoms with Gasteiger partial charge in [-0.05, 0) is 18.2 Å². The molecule has 0 aliphatic rings. The second-order valence-corrected chi connectivity index (χ2v) is 3.84. The van der Waals surface area contributed by atoms with Crippen molar-refractivity contribution in [2.75, 3.05) is 0 Å². The third-order valence-electron chi connectivity index (χ3n) is 2.55. The molecule has 90 valence electrons. The van der Waals surface area contributed by atoms with Crippen molar-refractivity contribution in [2.45, 2.75) is 13.1 Å². The number of imidazole rings is 1. The fourth-order valence-corrected chi connectivity index (χ4v) is 1.56. The molecule has 17 heavy (non-hydrogen) atoms. The summed E-state index contributed by atoms with van der Waals surface area (Å²) in [5.74, 6) is -0.826. The Bertz CT molecular complexity index is 508. The minimum Gasteiger partial charge on any atom is -0.337 e. The van der Waals surface area contributed by atoms with Crippen molar-refractivity contribution in [3.05, 3.63) is 53.6 Å². The van der Waals surface area contributed by atoms with Gasteiger partial charge in [0.1, 0.15) is 11.6 Å². The minimum atomic E-state index is -0.427. The van der Waals surface area contributed by atoms with Gasteiger partial charge in [0.05, 0.1) is 12.0 Å². The number of nitrogens with zero attached hydrogens (tertiary/aromatic N) is 2. The molecule has 1 aromatic carbocycles. The van der Waals surface area contributed by atoms with Gasteiger partial charge in [-0.2, -0.15) is 0 Å². The molecule has 1 aromatic heterocycles. The number of benzene rings is 1. The minimum absolute atomic E-state index is 0.286. The molecule has 0 aliphatic carbocycles. The predicted octanol–water partition coefficient (Wildman–Crippen LogP) is 1.99. The van der Waals surface area contributed by atoms with Gasteiger partial charge >= 0.3 is 0 Å². The third kappa shape index (κ3) is 2.88. The molecule has 0 saturated carbocycles. The van der Waals surface area contributed by atoms with Crippen molar-refractivity contribution in [3.63, 3.8) is 0 Å². The lowest BCUT2D eigenvalue weighted by molar-refractivity contribution is 0.564. The van der Waals surface area contributed by atoms with Gasteiger partial charge in [-0.15, -0.1) is 0 Å². The SMILES string of the molecule is Cn1cncc1CNCc1cc(F)ccc1F. The lowest BCUT2D eigenvalue weighted by Crippen LogP contribution is -2.15. The Labute approximate surface area is 98.1 Å². The van der Waals surface area contributed by atoms with Crippen LogP contribution >= 0.6 is 0 Å². The highest BCUT2D eigenvalue weighted by molar-refractivity contribution is 5.18. The Hall–Kier alpha value is -1.75. The Morgan fingerprint density at radius 2 is 2.12 bits per heavy atom. The molecule has 0 radical (unpaired) electrons. The summed E-state index contributed by atoms with van der Waals surface area (Å²) in [5.41, 5.74) is 1.31. The molecule has 0 atom stereocenters. The standard InChI is InChI=1S/C12H13F2N3/c1-17-8-16-7-11(17)6-15-5-9-4-10(13)2-3-12(9)14/h2-4,7-8,15H,5-6H2,1H3. The number of aryl methyl sites for hydroxylation is 1. The lowest BCUT2D eigenvalue weighted by atomic mass is 10.2. The van der Waals surface area contributed by atoms with E-state index in [1.54, 1.807) is 12.5 Å². The van der Waals surface area contributed by atoms with Gasteiger partial charge in [-0.3, -0.25) is 0 Å². The van der Waals surface area contributed by atoms with Crippen LogP contribution in [0.5, 0.6) is 0 Å². The zero-order valence-corrected chi connectivity index (χ0v) is 9.45. The van der Waals surface area contributed by atoms with Gasteiger partial charge in [0.25, 0.3) is 0 Å². The first-order valence-corrected chi connectivity index (χ1v) is 5.26. The van der Waals surface area contributed by atoms with E-state index in [1.165, 1.54) is 6.07 Å². The topological polar surface area (TPSA) is 29.9 Å². The zero-order valence-electron chi connectivity index (χ0n) is 9.45. The summed E-state index contributed by atoms with van der Waals surface area (Å²) in [4.78, 5) is 3.97. The van der Waals surface area contributed by atoms with Gasteiger partial charge in [0.15, 0.2) is 0 Å². The Kier molecular flexibility index (Phi) is 3.49. The van der Waals surface area contributed by atoms with Gasteiger partial charge in [0.2, 0.25) is 0 Å². The van der Waals surface area contributed by atoms with E-state index < -0.39 is 11.6 Å². The number of nitrogens with one attached hydrogen (secondary N) is 1.